The summed E-state index contributed by atoms with van der Waals surface area (Å²) in [7, 11) is 5.17. The Morgan fingerprint density at radius 1 is 1.31 bits per heavy atom. The summed E-state index contributed by atoms with van der Waals surface area (Å²) in [6, 6.07) is -0.0193. The van der Waals surface area contributed by atoms with Crippen LogP contribution in [0.5, 0.6) is 0 Å². The molecular formula is C10H20N4O2. The van der Waals surface area contributed by atoms with E-state index >= 15 is 0 Å². The summed E-state index contributed by atoms with van der Waals surface area (Å²) in [5.41, 5.74) is 4.73. The van der Waals surface area contributed by atoms with Gasteiger partial charge in [0, 0.05) is 27.2 Å². The molecule has 1 saturated heterocycles. The number of primary amides is 1. The number of nitrogens with one attached hydrogen (secondary N) is 1. The molecule has 0 saturated carbocycles. The fourth-order valence-corrected chi connectivity index (χ4v) is 1.98. The fourth-order valence-electron chi connectivity index (χ4n) is 1.98. The summed E-state index contributed by atoms with van der Waals surface area (Å²) in [5, 5.41) is 2.98. The molecule has 3 N–H and O–H groups in total. The van der Waals surface area contributed by atoms with E-state index < -0.39 is 5.54 Å². The highest BCUT2D eigenvalue weighted by molar-refractivity contribution is 5.85. The zero-order valence-electron chi connectivity index (χ0n) is 10.1. The van der Waals surface area contributed by atoms with Crippen LogP contribution in [0.3, 0.4) is 0 Å². The second kappa shape index (κ2) is 4.69. The highest BCUT2D eigenvalue weighted by atomic mass is 16.2. The first-order chi connectivity index (χ1) is 7.43. The van der Waals surface area contributed by atoms with Crippen molar-refractivity contribution in [3.05, 3.63) is 0 Å². The molecular weight excluding hydrogens is 208 g/mol. The minimum absolute atomic E-state index is 0.0193. The molecule has 0 aliphatic carbocycles. The first kappa shape index (κ1) is 12.8. The Balaban J connectivity index is 2.63. The Morgan fingerprint density at radius 2 is 1.81 bits per heavy atom. The van der Waals surface area contributed by atoms with Gasteiger partial charge in [0.15, 0.2) is 0 Å². The van der Waals surface area contributed by atoms with Gasteiger partial charge in [-0.3, -0.25) is 4.79 Å². The number of rotatable bonds is 2. The van der Waals surface area contributed by atoms with Crippen LogP contribution in [0.4, 0.5) is 4.79 Å². The van der Waals surface area contributed by atoms with Gasteiger partial charge in [-0.2, -0.15) is 0 Å². The van der Waals surface area contributed by atoms with E-state index in [0.29, 0.717) is 25.9 Å². The van der Waals surface area contributed by atoms with Gasteiger partial charge < -0.3 is 20.9 Å². The van der Waals surface area contributed by atoms with E-state index in [0.717, 1.165) is 0 Å². The first-order valence-corrected chi connectivity index (χ1v) is 5.38. The summed E-state index contributed by atoms with van der Waals surface area (Å²) >= 11 is 0. The number of carbonyl (C=O) groups is 2. The van der Waals surface area contributed by atoms with Crippen molar-refractivity contribution in [2.75, 3.05) is 34.2 Å². The maximum absolute atomic E-state index is 11.7. The van der Waals surface area contributed by atoms with Crippen molar-refractivity contribution in [2.24, 2.45) is 5.73 Å². The lowest BCUT2D eigenvalue weighted by molar-refractivity contribution is -0.125. The van der Waals surface area contributed by atoms with Crippen LogP contribution in [0.2, 0.25) is 0 Å². The number of urea groups is 1. The molecule has 1 heterocycles. The van der Waals surface area contributed by atoms with Crippen molar-refractivity contribution in [1.29, 1.82) is 0 Å². The smallest absolute Gasteiger partial charge is 0.319 e. The summed E-state index contributed by atoms with van der Waals surface area (Å²) in [6.07, 6.45) is 1.14. The summed E-state index contributed by atoms with van der Waals surface area (Å²) < 4.78 is 0. The van der Waals surface area contributed by atoms with Gasteiger partial charge in [0.2, 0.25) is 5.91 Å². The minimum atomic E-state index is -0.650. The van der Waals surface area contributed by atoms with Crippen molar-refractivity contribution in [2.45, 2.75) is 18.4 Å². The second-order valence-electron chi connectivity index (χ2n) is 4.36. The lowest BCUT2D eigenvalue weighted by Gasteiger charge is -2.40. The number of likely N-dealkylation sites (tertiary alicyclic amines) is 1. The summed E-state index contributed by atoms with van der Waals surface area (Å²) in [5.74, 6) is -0.341. The van der Waals surface area contributed by atoms with Gasteiger partial charge in [0.05, 0.1) is 0 Å². The predicted octanol–water partition coefficient (Wildman–Crippen LogP) is -0.793. The molecule has 0 atom stereocenters. The van der Waals surface area contributed by atoms with Gasteiger partial charge in [-0.25, -0.2) is 4.79 Å². The quantitative estimate of drug-likeness (QED) is 0.650. The van der Waals surface area contributed by atoms with E-state index in [1.54, 1.807) is 26.0 Å². The molecule has 0 aromatic heterocycles. The Bertz CT molecular complexity index is 283. The fraction of sp³-hybridized carbons (Fsp3) is 0.800. The lowest BCUT2D eigenvalue weighted by Crippen LogP contribution is -2.61. The number of carbonyl (C=O) groups excluding carboxylic acids is 2. The molecule has 1 aliphatic rings. The van der Waals surface area contributed by atoms with E-state index in [4.69, 9.17) is 5.73 Å². The van der Waals surface area contributed by atoms with Crippen LogP contribution in [-0.4, -0.2) is 61.5 Å². The van der Waals surface area contributed by atoms with Crippen LogP contribution in [0, 0.1) is 0 Å². The molecule has 16 heavy (non-hydrogen) atoms. The van der Waals surface area contributed by atoms with Gasteiger partial charge in [0.25, 0.3) is 0 Å². The van der Waals surface area contributed by atoms with Crippen molar-refractivity contribution >= 4 is 11.9 Å². The molecule has 3 amide bonds. The van der Waals surface area contributed by atoms with E-state index in [1.165, 1.54) is 4.90 Å². The van der Waals surface area contributed by atoms with Crippen LogP contribution in [0.15, 0.2) is 0 Å². The van der Waals surface area contributed by atoms with Crippen LogP contribution >= 0.6 is 0 Å². The van der Waals surface area contributed by atoms with Crippen LogP contribution in [-0.2, 0) is 4.79 Å². The number of hydrogen-bond donors (Lipinski definition) is 2. The molecule has 1 rings (SSSR count). The second-order valence-corrected chi connectivity index (χ2v) is 4.36. The highest BCUT2D eigenvalue weighted by Crippen LogP contribution is 2.22. The Morgan fingerprint density at radius 3 is 2.12 bits per heavy atom. The van der Waals surface area contributed by atoms with Crippen molar-refractivity contribution in [3.8, 4) is 0 Å². The van der Waals surface area contributed by atoms with Gasteiger partial charge in [-0.05, 0) is 19.9 Å². The Hall–Kier alpha value is -1.30. The molecule has 0 aromatic carbocycles. The average Bonchev–Trinajstić information content (AvgIpc) is 2.27. The molecule has 1 aliphatic heterocycles. The van der Waals surface area contributed by atoms with Gasteiger partial charge in [-0.1, -0.05) is 0 Å². The number of likely N-dealkylation sites (N-methyl/N-ethyl adjacent to an activating group) is 1. The van der Waals surface area contributed by atoms with Gasteiger partial charge >= 0.3 is 6.03 Å². The third kappa shape index (κ3) is 2.27. The van der Waals surface area contributed by atoms with Crippen molar-refractivity contribution < 1.29 is 9.59 Å². The average molecular weight is 228 g/mol. The van der Waals surface area contributed by atoms with Gasteiger partial charge in [0.1, 0.15) is 5.54 Å². The zero-order valence-corrected chi connectivity index (χ0v) is 10.1. The molecule has 92 valence electrons. The molecule has 0 aromatic rings. The largest absolute Gasteiger partial charge is 0.368 e. The van der Waals surface area contributed by atoms with E-state index in [1.807, 2.05) is 0 Å². The minimum Gasteiger partial charge on any atom is -0.368 e. The number of hydrogen-bond acceptors (Lipinski definition) is 3. The molecule has 6 nitrogen and oxygen atoms in total. The standard InChI is InChI=1S/C10H20N4O2/c1-12-10(8(11)15)4-6-14(7-5-10)9(16)13(2)3/h12H,4-7H2,1-3H3,(H2,11,15). The normalized spacial score (nSPS) is 19.3. The van der Waals surface area contributed by atoms with Crippen LogP contribution in [0.1, 0.15) is 12.8 Å². The van der Waals surface area contributed by atoms with Crippen molar-refractivity contribution in [3.63, 3.8) is 0 Å². The number of nitrogens with zero attached hydrogens (tertiary/aromatic N) is 2. The predicted molar refractivity (Wildman–Crippen MR) is 60.9 cm³/mol. The topological polar surface area (TPSA) is 78.7 Å². The lowest BCUT2D eigenvalue weighted by atomic mass is 9.87. The van der Waals surface area contributed by atoms with Crippen LogP contribution < -0.4 is 11.1 Å². The Kier molecular flexibility index (Phi) is 3.74. The third-order valence-corrected chi connectivity index (χ3v) is 3.22. The number of piperidine rings is 1. The van der Waals surface area contributed by atoms with E-state index in [2.05, 4.69) is 5.32 Å². The SMILES string of the molecule is CNC1(C(N)=O)CCN(C(=O)N(C)C)CC1. The monoisotopic (exact) mass is 228 g/mol. The molecule has 0 spiro atoms. The maximum atomic E-state index is 11.7. The number of amides is 3. The third-order valence-electron chi connectivity index (χ3n) is 3.22. The Labute approximate surface area is 95.8 Å². The number of nitrogens with two attached hydrogens (primary N) is 1. The molecule has 6 heteroatoms. The molecule has 1 fully saturated rings. The van der Waals surface area contributed by atoms with Crippen molar-refractivity contribution in [1.82, 2.24) is 15.1 Å². The summed E-state index contributed by atoms with van der Waals surface area (Å²) in [4.78, 5) is 26.3. The summed E-state index contributed by atoms with van der Waals surface area (Å²) in [6.45, 7) is 1.11. The maximum Gasteiger partial charge on any atom is 0.319 e. The zero-order chi connectivity index (χ0) is 12.3. The molecule has 0 unspecified atom stereocenters. The van der Waals surface area contributed by atoms with E-state index in [-0.39, 0.29) is 11.9 Å². The van der Waals surface area contributed by atoms with Crippen LogP contribution in [0.25, 0.3) is 0 Å². The molecule has 0 bridgehead atoms. The van der Waals surface area contributed by atoms with Gasteiger partial charge in [-0.15, -0.1) is 0 Å². The molecule has 0 radical (unpaired) electrons. The highest BCUT2D eigenvalue weighted by Gasteiger charge is 2.39. The van der Waals surface area contributed by atoms with E-state index in [9.17, 15) is 9.59 Å². The first-order valence-electron chi connectivity index (χ1n) is 5.38.